The lowest BCUT2D eigenvalue weighted by molar-refractivity contribution is 0.298. The Kier molecular flexibility index (Phi) is 5.81. The summed E-state index contributed by atoms with van der Waals surface area (Å²) in [5.74, 6) is 0.492. The molecule has 170 valence electrons. The number of hydrogen-bond donors (Lipinski definition) is 2. The van der Waals surface area contributed by atoms with Crippen molar-refractivity contribution in [2.24, 2.45) is 0 Å². The first kappa shape index (κ1) is 22.4. The minimum atomic E-state index is -3.83. The summed E-state index contributed by atoms with van der Waals surface area (Å²) in [7, 11) is -2.30. The molecule has 1 unspecified atom stereocenters. The lowest BCUT2D eigenvalue weighted by Crippen LogP contribution is -2.63. The second kappa shape index (κ2) is 8.30. The van der Waals surface area contributed by atoms with E-state index in [2.05, 4.69) is 35.7 Å². The van der Waals surface area contributed by atoms with E-state index in [1.165, 1.54) is 7.11 Å². The van der Waals surface area contributed by atoms with Crippen LogP contribution in [0, 0.1) is 6.92 Å². The predicted molar refractivity (Wildman–Crippen MR) is 131 cm³/mol. The Morgan fingerprint density at radius 1 is 1.09 bits per heavy atom. The molecule has 3 aromatic carbocycles. The highest BCUT2D eigenvalue weighted by Crippen LogP contribution is 2.38. The number of nitrogens with one attached hydrogen (secondary N) is 2. The molecule has 0 bridgehead atoms. The van der Waals surface area contributed by atoms with Crippen LogP contribution in [0.25, 0.3) is 10.8 Å². The summed E-state index contributed by atoms with van der Waals surface area (Å²) in [5, 5.41) is 5.16. The van der Waals surface area contributed by atoms with Gasteiger partial charge in [-0.2, -0.15) is 0 Å². The van der Waals surface area contributed by atoms with Gasteiger partial charge in [-0.15, -0.1) is 0 Å². The van der Waals surface area contributed by atoms with Crippen LogP contribution in [0.3, 0.4) is 0 Å². The smallest absolute Gasteiger partial charge is 0.262 e. The van der Waals surface area contributed by atoms with Crippen molar-refractivity contribution < 1.29 is 13.2 Å². The number of sulfonamides is 1. The van der Waals surface area contributed by atoms with Gasteiger partial charge in [-0.3, -0.25) is 4.72 Å². The first-order valence-electron chi connectivity index (χ1n) is 10.9. The fourth-order valence-electron chi connectivity index (χ4n) is 4.40. The number of aryl methyl sites for hydroxylation is 1. The van der Waals surface area contributed by atoms with Crippen molar-refractivity contribution in [3.63, 3.8) is 0 Å². The van der Waals surface area contributed by atoms with Gasteiger partial charge in [-0.05, 0) is 57.5 Å². The van der Waals surface area contributed by atoms with Gasteiger partial charge in [0.1, 0.15) is 5.75 Å². The Hall–Kier alpha value is -2.77. The average Bonchev–Trinajstić information content (AvgIpc) is 2.76. The quantitative estimate of drug-likeness (QED) is 0.594. The number of hydrogen-bond acceptors (Lipinski definition) is 5. The van der Waals surface area contributed by atoms with Gasteiger partial charge >= 0.3 is 0 Å². The molecule has 3 aromatic rings. The van der Waals surface area contributed by atoms with E-state index in [4.69, 9.17) is 4.74 Å². The maximum atomic E-state index is 13.4. The van der Waals surface area contributed by atoms with Gasteiger partial charge in [0.05, 0.1) is 17.7 Å². The van der Waals surface area contributed by atoms with Gasteiger partial charge in [0.2, 0.25) is 0 Å². The fourth-order valence-corrected chi connectivity index (χ4v) is 5.69. The zero-order chi connectivity index (χ0) is 23.1. The molecule has 1 aliphatic heterocycles. The van der Waals surface area contributed by atoms with Crippen molar-refractivity contribution >= 4 is 32.2 Å². The van der Waals surface area contributed by atoms with E-state index < -0.39 is 10.0 Å². The highest BCUT2D eigenvalue weighted by Gasteiger charge is 2.36. The zero-order valence-electron chi connectivity index (χ0n) is 19.3. The predicted octanol–water partition coefficient (Wildman–Crippen LogP) is 4.53. The van der Waals surface area contributed by atoms with Crippen LogP contribution in [0.1, 0.15) is 26.3 Å². The summed E-state index contributed by atoms with van der Waals surface area (Å²) in [6, 6.07) is 17.0. The Balaban J connectivity index is 1.81. The van der Waals surface area contributed by atoms with Crippen molar-refractivity contribution in [3.05, 3.63) is 60.2 Å². The number of rotatable bonds is 5. The van der Waals surface area contributed by atoms with E-state index in [1.807, 2.05) is 49.4 Å². The van der Waals surface area contributed by atoms with E-state index in [0.29, 0.717) is 22.9 Å². The summed E-state index contributed by atoms with van der Waals surface area (Å²) < 4.78 is 35.0. The van der Waals surface area contributed by atoms with Gasteiger partial charge in [-0.1, -0.05) is 30.3 Å². The SMILES string of the molecule is COc1cc(C)ccc1NS(=O)(=O)c1ccc(N2CCNC(C)C2(C)C)c2ccccc12. The summed E-state index contributed by atoms with van der Waals surface area (Å²) in [5.41, 5.74) is 2.34. The summed E-state index contributed by atoms with van der Waals surface area (Å²) in [6.07, 6.45) is 0. The molecular formula is C25H31N3O3S. The second-order valence-electron chi connectivity index (χ2n) is 8.92. The van der Waals surface area contributed by atoms with Gasteiger partial charge in [0.15, 0.2) is 0 Å². The Labute approximate surface area is 190 Å². The molecule has 1 atom stereocenters. The highest BCUT2D eigenvalue weighted by atomic mass is 32.2. The monoisotopic (exact) mass is 453 g/mol. The molecule has 0 saturated carbocycles. The number of piperazine rings is 1. The molecule has 1 heterocycles. The minimum Gasteiger partial charge on any atom is -0.495 e. The lowest BCUT2D eigenvalue weighted by atomic mass is 9.90. The van der Waals surface area contributed by atoms with E-state index in [9.17, 15) is 8.42 Å². The van der Waals surface area contributed by atoms with Crippen molar-refractivity contribution in [3.8, 4) is 5.75 Å². The van der Waals surface area contributed by atoms with Crippen LogP contribution in [0.15, 0.2) is 59.5 Å². The van der Waals surface area contributed by atoms with E-state index in [-0.39, 0.29) is 10.4 Å². The maximum Gasteiger partial charge on any atom is 0.262 e. The maximum absolute atomic E-state index is 13.4. The largest absolute Gasteiger partial charge is 0.495 e. The molecule has 4 rings (SSSR count). The Morgan fingerprint density at radius 2 is 1.81 bits per heavy atom. The first-order valence-corrected chi connectivity index (χ1v) is 12.3. The highest BCUT2D eigenvalue weighted by molar-refractivity contribution is 7.93. The molecule has 0 aromatic heterocycles. The average molecular weight is 454 g/mol. The third kappa shape index (κ3) is 3.91. The number of fused-ring (bicyclic) bond motifs is 1. The fraction of sp³-hybridized carbons (Fsp3) is 0.360. The Morgan fingerprint density at radius 3 is 2.53 bits per heavy atom. The molecule has 1 fully saturated rings. The first-order chi connectivity index (χ1) is 15.1. The lowest BCUT2D eigenvalue weighted by Gasteiger charge is -2.49. The third-order valence-electron chi connectivity index (χ3n) is 6.58. The minimum absolute atomic E-state index is 0.116. The molecular weight excluding hydrogens is 422 g/mol. The van der Waals surface area contributed by atoms with Crippen LogP contribution in [0.5, 0.6) is 5.75 Å². The van der Waals surface area contributed by atoms with Gasteiger partial charge in [0.25, 0.3) is 10.0 Å². The number of benzene rings is 3. The standard InChI is InChI=1S/C25H31N3O3S/c1-17-10-11-21(23(16-17)31-5)27-32(29,30)24-13-12-22(19-8-6-7-9-20(19)24)28-15-14-26-18(2)25(28,3)4/h6-13,16,18,26-27H,14-15H2,1-5H3. The molecule has 2 N–H and O–H groups in total. The molecule has 0 amide bonds. The molecule has 0 aliphatic carbocycles. The molecule has 6 nitrogen and oxygen atoms in total. The molecule has 1 aliphatic rings. The normalized spacial score (nSPS) is 18.5. The number of methoxy groups -OCH3 is 1. The van der Waals surface area contributed by atoms with Gasteiger partial charge < -0.3 is 15.0 Å². The molecule has 7 heteroatoms. The summed E-state index contributed by atoms with van der Waals surface area (Å²) in [4.78, 5) is 2.63. The molecule has 0 radical (unpaired) electrons. The second-order valence-corrected chi connectivity index (χ2v) is 10.6. The van der Waals surface area contributed by atoms with Crippen LogP contribution in [0.2, 0.25) is 0 Å². The summed E-state index contributed by atoms with van der Waals surface area (Å²) >= 11 is 0. The topological polar surface area (TPSA) is 70.7 Å². The van der Waals surface area contributed by atoms with E-state index in [1.54, 1.807) is 12.1 Å². The Bertz CT molecular complexity index is 1250. The van der Waals surface area contributed by atoms with E-state index in [0.717, 1.165) is 29.7 Å². The molecule has 0 spiro atoms. The van der Waals surface area contributed by atoms with Crippen molar-refractivity contribution in [1.29, 1.82) is 0 Å². The van der Waals surface area contributed by atoms with Crippen LogP contribution in [0.4, 0.5) is 11.4 Å². The molecule has 1 saturated heterocycles. The van der Waals surface area contributed by atoms with Crippen LogP contribution < -0.4 is 19.7 Å². The third-order valence-corrected chi connectivity index (χ3v) is 8.01. The van der Waals surface area contributed by atoms with Gasteiger partial charge in [-0.25, -0.2) is 8.42 Å². The van der Waals surface area contributed by atoms with E-state index >= 15 is 0 Å². The number of nitrogens with zero attached hydrogens (tertiary/aromatic N) is 1. The van der Waals surface area contributed by atoms with Crippen molar-refractivity contribution in [2.75, 3.05) is 29.8 Å². The van der Waals surface area contributed by atoms with Crippen molar-refractivity contribution in [2.45, 2.75) is 44.2 Å². The van der Waals surface area contributed by atoms with Crippen LogP contribution in [-0.2, 0) is 10.0 Å². The number of anilines is 2. The van der Waals surface area contributed by atoms with Crippen LogP contribution in [-0.4, -0.2) is 40.2 Å². The molecule has 32 heavy (non-hydrogen) atoms. The zero-order valence-corrected chi connectivity index (χ0v) is 20.1. The number of ether oxygens (including phenoxy) is 1. The van der Waals surface area contributed by atoms with Crippen LogP contribution >= 0.6 is 0 Å². The van der Waals surface area contributed by atoms with Gasteiger partial charge in [0, 0.05) is 41.1 Å². The van der Waals surface area contributed by atoms with Crippen molar-refractivity contribution in [1.82, 2.24) is 5.32 Å². The summed E-state index contributed by atoms with van der Waals surface area (Å²) in [6.45, 7) is 10.3.